The summed E-state index contributed by atoms with van der Waals surface area (Å²) >= 11 is 0. The van der Waals surface area contributed by atoms with Gasteiger partial charge < -0.3 is 11.1 Å². The van der Waals surface area contributed by atoms with Crippen LogP contribution in [0.1, 0.15) is 31.2 Å². The SMILES string of the molecule is CCC(CNC(=O)C(N)CCS(C)(=O)=O)c1ccccc1. The molecule has 1 rings (SSSR count). The first-order valence-electron chi connectivity index (χ1n) is 7.09. The molecule has 1 aromatic carbocycles. The van der Waals surface area contributed by atoms with Crippen molar-refractivity contribution in [2.45, 2.75) is 31.7 Å². The highest BCUT2D eigenvalue weighted by Gasteiger charge is 2.17. The van der Waals surface area contributed by atoms with E-state index >= 15 is 0 Å². The molecule has 21 heavy (non-hydrogen) atoms. The first-order valence-corrected chi connectivity index (χ1v) is 9.15. The van der Waals surface area contributed by atoms with Crippen molar-refractivity contribution in [2.75, 3.05) is 18.6 Å². The van der Waals surface area contributed by atoms with Crippen LogP contribution in [-0.2, 0) is 14.6 Å². The third kappa shape index (κ3) is 6.73. The molecular weight excluding hydrogens is 288 g/mol. The Labute approximate surface area is 126 Å². The van der Waals surface area contributed by atoms with E-state index in [0.29, 0.717) is 6.54 Å². The molecule has 1 amide bonds. The Hall–Kier alpha value is -1.40. The van der Waals surface area contributed by atoms with Gasteiger partial charge in [-0.15, -0.1) is 0 Å². The van der Waals surface area contributed by atoms with Gasteiger partial charge in [0.05, 0.1) is 11.8 Å². The molecule has 0 saturated heterocycles. The summed E-state index contributed by atoms with van der Waals surface area (Å²) in [4.78, 5) is 11.9. The molecule has 6 heteroatoms. The Morgan fingerprint density at radius 3 is 2.43 bits per heavy atom. The van der Waals surface area contributed by atoms with Crippen LogP contribution in [0.2, 0.25) is 0 Å². The average molecular weight is 312 g/mol. The molecular formula is C15H24N2O3S. The Bertz CT molecular complexity index is 543. The number of nitrogens with two attached hydrogens (primary N) is 1. The van der Waals surface area contributed by atoms with Gasteiger partial charge >= 0.3 is 0 Å². The molecule has 0 heterocycles. The van der Waals surface area contributed by atoms with Crippen LogP contribution in [0, 0.1) is 0 Å². The first-order chi connectivity index (χ1) is 9.83. The molecule has 0 aliphatic rings. The van der Waals surface area contributed by atoms with Gasteiger partial charge in [-0.25, -0.2) is 8.42 Å². The van der Waals surface area contributed by atoms with Crippen molar-refractivity contribution < 1.29 is 13.2 Å². The molecule has 0 aromatic heterocycles. The third-order valence-corrected chi connectivity index (χ3v) is 4.40. The minimum absolute atomic E-state index is 0.0719. The van der Waals surface area contributed by atoms with E-state index in [1.165, 1.54) is 5.56 Å². The number of hydrogen-bond acceptors (Lipinski definition) is 4. The zero-order valence-corrected chi connectivity index (χ0v) is 13.4. The molecule has 0 fully saturated rings. The van der Waals surface area contributed by atoms with E-state index < -0.39 is 15.9 Å². The summed E-state index contributed by atoms with van der Waals surface area (Å²) in [5.74, 6) is -0.136. The lowest BCUT2D eigenvalue weighted by atomic mass is 9.96. The van der Waals surface area contributed by atoms with Gasteiger partial charge in [0.2, 0.25) is 5.91 Å². The molecule has 0 aliphatic heterocycles. The van der Waals surface area contributed by atoms with E-state index in [9.17, 15) is 13.2 Å². The predicted molar refractivity (Wildman–Crippen MR) is 84.8 cm³/mol. The highest BCUT2D eigenvalue weighted by atomic mass is 32.2. The van der Waals surface area contributed by atoms with Crippen LogP contribution in [0.5, 0.6) is 0 Å². The maximum atomic E-state index is 11.9. The van der Waals surface area contributed by atoms with Crippen LogP contribution in [0.25, 0.3) is 0 Å². The number of sulfone groups is 1. The summed E-state index contributed by atoms with van der Waals surface area (Å²) in [6.45, 7) is 2.57. The summed E-state index contributed by atoms with van der Waals surface area (Å²) in [5, 5.41) is 2.81. The van der Waals surface area contributed by atoms with Crippen molar-refractivity contribution in [3.8, 4) is 0 Å². The summed E-state index contributed by atoms with van der Waals surface area (Å²) in [6, 6.07) is 9.17. The third-order valence-electron chi connectivity index (χ3n) is 3.42. The van der Waals surface area contributed by atoms with Crippen molar-refractivity contribution in [3.63, 3.8) is 0 Å². The predicted octanol–water partition coefficient (Wildman–Crippen LogP) is 1.06. The second-order valence-electron chi connectivity index (χ2n) is 5.29. The van der Waals surface area contributed by atoms with Gasteiger partial charge in [0, 0.05) is 18.7 Å². The molecule has 2 unspecified atom stereocenters. The van der Waals surface area contributed by atoms with Gasteiger partial charge in [0.15, 0.2) is 0 Å². The number of amides is 1. The number of carbonyl (C=O) groups is 1. The topological polar surface area (TPSA) is 89.3 Å². The molecule has 0 saturated carbocycles. The van der Waals surface area contributed by atoms with Crippen molar-refractivity contribution in [3.05, 3.63) is 35.9 Å². The molecule has 118 valence electrons. The molecule has 2 atom stereocenters. The summed E-state index contributed by atoms with van der Waals surface area (Å²) in [7, 11) is -3.09. The van der Waals surface area contributed by atoms with Crippen LogP contribution >= 0.6 is 0 Å². The van der Waals surface area contributed by atoms with Gasteiger partial charge in [0.1, 0.15) is 9.84 Å². The van der Waals surface area contributed by atoms with E-state index in [4.69, 9.17) is 5.73 Å². The second kappa shape index (κ2) is 8.14. The van der Waals surface area contributed by atoms with E-state index in [1.807, 2.05) is 30.3 Å². The monoisotopic (exact) mass is 312 g/mol. The zero-order valence-electron chi connectivity index (χ0n) is 12.6. The smallest absolute Gasteiger partial charge is 0.236 e. The van der Waals surface area contributed by atoms with Crippen LogP contribution < -0.4 is 11.1 Å². The largest absolute Gasteiger partial charge is 0.354 e. The van der Waals surface area contributed by atoms with Crippen molar-refractivity contribution >= 4 is 15.7 Å². The van der Waals surface area contributed by atoms with Gasteiger partial charge in [-0.05, 0) is 18.4 Å². The lowest BCUT2D eigenvalue weighted by molar-refractivity contribution is -0.122. The highest BCUT2D eigenvalue weighted by Crippen LogP contribution is 2.17. The Morgan fingerprint density at radius 1 is 1.29 bits per heavy atom. The average Bonchev–Trinajstić information content (AvgIpc) is 2.45. The van der Waals surface area contributed by atoms with Crippen molar-refractivity contribution in [1.82, 2.24) is 5.32 Å². The minimum atomic E-state index is -3.09. The Balaban J connectivity index is 2.47. The fourth-order valence-electron chi connectivity index (χ4n) is 2.05. The van der Waals surface area contributed by atoms with Crippen molar-refractivity contribution in [2.24, 2.45) is 5.73 Å². The zero-order chi connectivity index (χ0) is 15.9. The molecule has 1 aromatic rings. The summed E-state index contributed by atoms with van der Waals surface area (Å²) in [5.41, 5.74) is 6.89. The lowest BCUT2D eigenvalue weighted by Gasteiger charge is -2.18. The molecule has 0 radical (unpaired) electrons. The first kappa shape index (κ1) is 17.7. The Morgan fingerprint density at radius 2 is 1.90 bits per heavy atom. The molecule has 3 N–H and O–H groups in total. The minimum Gasteiger partial charge on any atom is -0.354 e. The number of benzene rings is 1. The summed E-state index contributed by atoms with van der Waals surface area (Å²) < 4.78 is 22.1. The molecule has 5 nitrogen and oxygen atoms in total. The second-order valence-corrected chi connectivity index (χ2v) is 7.55. The van der Waals surface area contributed by atoms with Gasteiger partial charge in [-0.3, -0.25) is 4.79 Å². The quantitative estimate of drug-likeness (QED) is 0.751. The highest BCUT2D eigenvalue weighted by molar-refractivity contribution is 7.90. The summed E-state index contributed by atoms with van der Waals surface area (Å²) in [6.07, 6.45) is 2.19. The normalized spacial score (nSPS) is 14.4. The lowest BCUT2D eigenvalue weighted by Crippen LogP contribution is -2.43. The van der Waals surface area contributed by atoms with E-state index in [-0.39, 0.29) is 24.0 Å². The van der Waals surface area contributed by atoms with Gasteiger partial charge in [-0.2, -0.15) is 0 Å². The number of rotatable bonds is 8. The molecule has 0 aliphatic carbocycles. The number of nitrogens with one attached hydrogen (secondary N) is 1. The number of hydrogen-bond donors (Lipinski definition) is 2. The van der Waals surface area contributed by atoms with Gasteiger partial charge in [0.25, 0.3) is 0 Å². The van der Waals surface area contributed by atoms with Crippen LogP contribution in [0.15, 0.2) is 30.3 Å². The van der Waals surface area contributed by atoms with E-state index in [0.717, 1.165) is 12.7 Å². The fourth-order valence-corrected chi connectivity index (χ4v) is 2.73. The van der Waals surface area contributed by atoms with Crippen LogP contribution in [0.3, 0.4) is 0 Å². The van der Waals surface area contributed by atoms with E-state index in [2.05, 4.69) is 12.2 Å². The van der Waals surface area contributed by atoms with Crippen LogP contribution in [0.4, 0.5) is 0 Å². The molecule has 0 bridgehead atoms. The van der Waals surface area contributed by atoms with Crippen LogP contribution in [-0.4, -0.2) is 38.9 Å². The fraction of sp³-hybridized carbons (Fsp3) is 0.533. The molecule has 0 spiro atoms. The number of carbonyl (C=O) groups excluding carboxylic acids is 1. The van der Waals surface area contributed by atoms with E-state index in [1.54, 1.807) is 0 Å². The Kier molecular flexibility index (Phi) is 6.84. The van der Waals surface area contributed by atoms with Gasteiger partial charge in [-0.1, -0.05) is 37.3 Å². The van der Waals surface area contributed by atoms with Crippen molar-refractivity contribution in [1.29, 1.82) is 0 Å². The maximum Gasteiger partial charge on any atom is 0.236 e. The maximum absolute atomic E-state index is 11.9. The standard InChI is InChI=1S/C15H24N2O3S/c1-3-12(13-7-5-4-6-8-13)11-17-15(18)14(16)9-10-21(2,19)20/h4-8,12,14H,3,9-11,16H2,1-2H3,(H,17,18).